The summed E-state index contributed by atoms with van der Waals surface area (Å²) in [5.74, 6) is 1.33. The fourth-order valence-electron chi connectivity index (χ4n) is 3.91. The van der Waals surface area contributed by atoms with E-state index in [-0.39, 0.29) is 5.91 Å². The lowest BCUT2D eigenvalue weighted by Gasteiger charge is -2.27. The Morgan fingerprint density at radius 1 is 1.14 bits per heavy atom. The van der Waals surface area contributed by atoms with E-state index >= 15 is 0 Å². The Hall–Kier alpha value is -4.16. The third kappa shape index (κ3) is 6.25. The fourth-order valence-corrected chi connectivity index (χ4v) is 3.91. The highest BCUT2D eigenvalue weighted by Gasteiger charge is 2.25. The highest BCUT2D eigenvalue weighted by Crippen LogP contribution is 2.25. The monoisotopic (exact) mass is 472 g/mol. The number of methoxy groups -OCH3 is 1. The van der Waals surface area contributed by atoms with Gasteiger partial charge in [-0.1, -0.05) is 48.5 Å². The van der Waals surface area contributed by atoms with E-state index in [0.29, 0.717) is 55.8 Å². The Balaban J connectivity index is 1.56. The number of morpholine rings is 1. The molecule has 0 aliphatic carbocycles. The Bertz CT molecular complexity index is 1160. The number of anilines is 2. The first-order valence-corrected chi connectivity index (χ1v) is 11.5. The van der Waals surface area contributed by atoms with Crippen LogP contribution in [0.15, 0.2) is 66.9 Å². The van der Waals surface area contributed by atoms with Gasteiger partial charge in [0.25, 0.3) is 0 Å². The van der Waals surface area contributed by atoms with E-state index in [1.807, 2.05) is 47.4 Å². The third-order valence-corrected chi connectivity index (χ3v) is 5.72. The Morgan fingerprint density at radius 3 is 2.63 bits per heavy atom. The number of nitrogens with zero attached hydrogens (tertiary/aromatic N) is 4. The average molecular weight is 473 g/mol. The van der Waals surface area contributed by atoms with Gasteiger partial charge < -0.3 is 25.0 Å². The van der Waals surface area contributed by atoms with Gasteiger partial charge >= 0.3 is 0 Å². The molecule has 4 rings (SSSR count). The SMILES string of the molecule is COc1ccccc1C(C#N)NC(=O)[C@H](Cc1ccccc1)Nc1ccnc(N2CCOCC2)n1. The summed E-state index contributed by atoms with van der Waals surface area (Å²) in [5, 5.41) is 15.9. The Labute approximate surface area is 204 Å². The topological polar surface area (TPSA) is 112 Å². The van der Waals surface area contributed by atoms with Gasteiger partial charge in [-0.05, 0) is 17.7 Å². The predicted molar refractivity (Wildman–Crippen MR) is 132 cm³/mol. The van der Waals surface area contributed by atoms with Crippen LogP contribution in [-0.4, -0.2) is 55.3 Å². The van der Waals surface area contributed by atoms with E-state index in [9.17, 15) is 10.1 Å². The molecule has 1 amide bonds. The highest BCUT2D eigenvalue weighted by molar-refractivity contribution is 5.85. The van der Waals surface area contributed by atoms with Crippen LogP contribution in [0.3, 0.4) is 0 Å². The fraction of sp³-hybridized carbons (Fsp3) is 0.308. The summed E-state index contributed by atoms with van der Waals surface area (Å²) >= 11 is 0. The number of carbonyl (C=O) groups excluding carboxylic acids is 1. The quantitative estimate of drug-likeness (QED) is 0.489. The van der Waals surface area contributed by atoms with Crippen molar-refractivity contribution in [3.63, 3.8) is 0 Å². The van der Waals surface area contributed by atoms with E-state index in [4.69, 9.17) is 9.47 Å². The summed E-state index contributed by atoms with van der Waals surface area (Å²) in [6.07, 6.45) is 2.08. The first-order valence-electron chi connectivity index (χ1n) is 11.5. The minimum atomic E-state index is -0.868. The van der Waals surface area contributed by atoms with E-state index in [0.717, 1.165) is 5.56 Å². The summed E-state index contributed by atoms with van der Waals surface area (Å²) in [6.45, 7) is 2.66. The molecule has 2 atom stereocenters. The molecular weight excluding hydrogens is 444 g/mol. The van der Waals surface area contributed by atoms with Gasteiger partial charge in [0.05, 0.1) is 26.4 Å². The first-order chi connectivity index (χ1) is 17.2. The van der Waals surface area contributed by atoms with Gasteiger partial charge in [-0.2, -0.15) is 10.2 Å². The largest absolute Gasteiger partial charge is 0.496 e. The molecule has 35 heavy (non-hydrogen) atoms. The van der Waals surface area contributed by atoms with Gasteiger partial charge in [-0.25, -0.2) is 4.98 Å². The van der Waals surface area contributed by atoms with Crippen LogP contribution < -0.4 is 20.3 Å². The standard InChI is InChI=1S/C26H28N6O3/c1-34-23-10-6-5-9-20(23)22(18-27)30-25(33)21(17-19-7-3-2-4-8-19)29-24-11-12-28-26(31-24)32-13-15-35-16-14-32/h2-12,21-22H,13-17H2,1H3,(H,30,33)(H,28,29,31)/t21-,22?/m0/s1. The van der Waals surface area contributed by atoms with E-state index in [2.05, 4.69) is 26.7 Å². The molecule has 0 radical (unpaired) electrons. The molecule has 9 heteroatoms. The molecule has 1 aromatic heterocycles. The molecule has 3 aromatic rings. The van der Waals surface area contributed by atoms with Gasteiger partial charge in [0.15, 0.2) is 0 Å². The number of para-hydroxylation sites is 1. The van der Waals surface area contributed by atoms with Crippen molar-refractivity contribution in [1.82, 2.24) is 15.3 Å². The lowest BCUT2D eigenvalue weighted by molar-refractivity contribution is -0.122. The molecule has 0 saturated carbocycles. The Kier molecular flexibility index (Phi) is 8.09. The molecule has 2 aromatic carbocycles. The maximum Gasteiger partial charge on any atom is 0.244 e. The lowest BCUT2D eigenvalue weighted by Crippen LogP contribution is -2.43. The maximum absolute atomic E-state index is 13.4. The Morgan fingerprint density at radius 2 is 1.89 bits per heavy atom. The molecule has 0 spiro atoms. The molecule has 2 heterocycles. The second-order valence-corrected chi connectivity index (χ2v) is 8.04. The highest BCUT2D eigenvalue weighted by atomic mass is 16.5. The predicted octanol–water partition coefficient (Wildman–Crippen LogP) is 2.73. The summed E-state index contributed by atoms with van der Waals surface area (Å²) < 4.78 is 10.8. The maximum atomic E-state index is 13.4. The second kappa shape index (κ2) is 11.8. The van der Waals surface area contributed by atoms with E-state index in [1.165, 1.54) is 7.11 Å². The molecule has 2 N–H and O–H groups in total. The van der Waals surface area contributed by atoms with Gasteiger partial charge in [0.1, 0.15) is 23.7 Å². The van der Waals surface area contributed by atoms with Crippen LogP contribution in [0, 0.1) is 11.3 Å². The number of hydrogen-bond acceptors (Lipinski definition) is 8. The molecule has 1 saturated heterocycles. The summed E-state index contributed by atoms with van der Waals surface area (Å²) in [4.78, 5) is 24.5. The number of ether oxygens (including phenoxy) is 2. The summed E-state index contributed by atoms with van der Waals surface area (Å²) in [6, 6.07) is 19.2. The summed E-state index contributed by atoms with van der Waals surface area (Å²) in [7, 11) is 1.54. The van der Waals surface area contributed by atoms with Crippen LogP contribution in [0.4, 0.5) is 11.8 Å². The van der Waals surface area contributed by atoms with Crippen molar-refractivity contribution in [2.24, 2.45) is 0 Å². The van der Waals surface area contributed by atoms with Gasteiger partial charge in [-0.3, -0.25) is 4.79 Å². The zero-order valence-electron chi connectivity index (χ0n) is 19.6. The number of aromatic nitrogens is 2. The molecule has 0 bridgehead atoms. The smallest absolute Gasteiger partial charge is 0.244 e. The first kappa shape index (κ1) is 24.0. The zero-order valence-corrected chi connectivity index (χ0v) is 19.6. The summed E-state index contributed by atoms with van der Waals surface area (Å²) in [5.41, 5.74) is 1.58. The van der Waals surface area contributed by atoms with Crippen molar-refractivity contribution in [2.45, 2.75) is 18.5 Å². The van der Waals surface area contributed by atoms with Crippen LogP contribution in [0.25, 0.3) is 0 Å². The number of nitrogens with one attached hydrogen (secondary N) is 2. The minimum Gasteiger partial charge on any atom is -0.496 e. The molecular formula is C26H28N6O3. The van der Waals surface area contributed by atoms with Crippen molar-refractivity contribution < 1.29 is 14.3 Å². The van der Waals surface area contributed by atoms with Crippen LogP contribution in [0.5, 0.6) is 5.75 Å². The normalized spacial score (nSPS) is 14.9. The number of amides is 1. The van der Waals surface area contributed by atoms with Crippen molar-refractivity contribution >= 4 is 17.7 Å². The third-order valence-electron chi connectivity index (χ3n) is 5.72. The zero-order chi connectivity index (χ0) is 24.5. The minimum absolute atomic E-state index is 0.321. The van der Waals surface area contributed by atoms with Gasteiger partial charge in [-0.15, -0.1) is 0 Å². The van der Waals surface area contributed by atoms with Crippen molar-refractivity contribution in [3.8, 4) is 11.8 Å². The van der Waals surface area contributed by atoms with Crippen LogP contribution in [0.2, 0.25) is 0 Å². The molecule has 1 aliphatic heterocycles. The van der Waals surface area contributed by atoms with Gasteiger partial charge in [0, 0.05) is 31.3 Å². The van der Waals surface area contributed by atoms with Crippen molar-refractivity contribution in [2.75, 3.05) is 43.6 Å². The number of benzene rings is 2. The van der Waals surface area contributed by atoms with Gasteiger partial charge in [0.2, 0.25) is 11.9 Å². The number of hydrogen-bond donors (Lipinski definition) is 2. The molecule has 9 nitrogen and oxygen atoms in total. The molecule has 1 unspecified atom stereocenters. The molecule has 1 fully saturated rings. The van der Waals surface area contributed by atoms with Crippen LogP contribution in [0.1, 0.15) is 17.2 Å². The van der Waals surface area contributed by atoms with Crippen LogP contribution >= 0.6 is 0 Å². The van der Waals surface area contributed by atoms with Crippen molar-refractivity contribution in [1.29, 1.82) is 5.26 Å². The number of rotatable bonds is 9. The second-order valence-electron chi connectivity index (χ2n) is 8.04. The molecule has 1 aliphatic rings. The van der Waals surface area contributed by atoms with E-state index < -0.39 is 12.1 Å². The van der Waals surface area contributed by atoms with Crippen LogP contribution in [-0.2, 0) is 16.0 Å². The van der Waals surface area contributed by atoms with E-state index in [1.54, 1.807) is 24.4 Å². The van der Waals surface area contributed by atoms with Crippen molar-refractivity contribution in [3.05, 3.63) is 78.0 Å². The lowest BCUT2D eigenvalue weighted by atomic mass is 10.0. The average Bonchev–Trinajstić information content (AvgIpc) is 2.92. The molecule has 180 valence electrons. The number of nitriles is 1. The number of carbonyl (C=O) groups is 1.